The molecule has 0 N–H and O–H groups in total. The lowest BCUT2D eigenvalue weighted by Gasteiger charge is -2.03. The Morgan fingerprint density at radius 2 is 1.94 bits per heavy atom. The van der Waals surface area contributed by atoms with Crippen molar-refractivity contribution in [3.63, 3.8) is 0 Å². The number of hydrogen-bond donors (Lipinski definition) is 0. The standard InChI is InChI=1S/C13H17Cl2NO/c1-2-3-4-5-6-7-12(17)13-11(15)8-10(14)9-16-13/h8-9H,2-7H2,1H3. The van der Waals surface area contributed by atoms with Crippen LogP contribution < -0.4 is 0 Å². The number of Topliss-reactive ketones (excluding diaryl/α,β-unsaturated/α-hetero) is 1. The molecule has 0 saturated heterocycles. The van der Waals surface area contributed by atoms with Gasteiger partial charge in [0.1, 0.15) is 5.69 Å². The molecule has 0 aliphatic rings. The summed E-state index contributed by atoms with van der Waals surface area (Å²) in [7, 11) is 0. The molecule has 0 fully saturated rings. The van der Waals surface area contributed by atoms with Gasteiger partial charge in [-0.2, -0.15) is 0 Å². The molecule has 0 amide bonds. The second-order valence-electron chi connectivity index (χ2n) is 4.07. The van der Waals surface area contributed by atoms with Crippen molar-refractivity contribution in [1.82, 2.24) is 4.98 Å². The minimum atomic E-state index is 0.00293. The Kier molecular flexibility index (Phi) is 6.53. The fraction of sp³-hybridized carbons (Fsp3) is 0.538. The van der Waals surface area contributed by atoms with E-state index < -0.39 is 0 Å². The first-order chi connectivity index (χ1) is 8.15. The molecule has 0 aliphatic heterocycles. The van der Waals surface area contributed by atoms with Gasteiger partial charge in [0.25, 0.3) is 0 Å². The van der Waals surface area contributed by atoms with Gasteiger partial charge in [-0.05, 0) is 12.5 Å². The van der Waals surface area contributed by atoms with Gasteiger partial charge in [-0.1, -0.05) is 55.8 Å². The molecule has 2 nitrogen and oxygen atoms in total. The number of halogens is 2. The van der Waals surface area contributed by atoms with Crippen LogP contribution in [-0.2, 0) is 0 Å². The summed E-state index contributed by atoms with van der Waals surface area (Å²) in [4.78, 5) is 15.8. The summed E-state index contributed by atoms with van der Waals surface area (Å²) >= 11 is 11.6. The number of pyridine rings is 1. The lowest BCUT2D eigenvalue weighted by molar-refractivity contribution is 0.0974. The van der Waals surface area contributed by atoms with Crippen LogP contribution in [-0.4, -0.2) is 10.8 Å². The van der Waals surface area contributed by atoms with Crippen LogP contribution >= 0.6 is 23.2 Å². The molecule has 17 heavy (non-hydrogen) atoms. The molecule has 1 aromatic rings. The van der Waals surface area contributed by atoms with Gasteiger partial charge in [-0.25, -0.2) is 0 Å². The Morgan fingerprint density at radius 3 is 2.59 bits per heavy atom. The van der Waals surface area contributed by atoms with Crippen LogP contribution in [0.3, 0.4) is 0 Å². The maximum atomic E-state index is 11.8. The molecule has 0 aliphatic carbocycles. The zero-order chi connectivity index (χ0) is 12.7. The molecule has 4 heteroatoms. The van der Waals surface area contributed by atoms with Gasteiger partial charge in [0, 0.05) is 12.6 Å². The van der Waals surface area contributed by atoms with Crippen LogP contribution in [0.15, 0.2) is 12.3 Å². The first-order valence-electron chi connectivity index (χ1n) is 5.99. The van der Waals surface area contributed by atoms with Crippen molar-refractivity contribution in [1.29, 1.82) is 0 Å². The first kappa shape index (κ1) is 14.5. The van der Waals surface area contributed by atoms with Crippen molar-refractivity contribution in [2.45, 2.75) is 45.4 Å². The second kappa shape index (κ2) is 7.67. The predicted molar refractivity (Wildman–Crippen MR) is 72.0 cm³/mol. The highest BCUT2D eigenvalue weighted by Crippen LogP contribution is 2.20. The molecule has 0 unspecified atom stereocenters. The smallest absolute Gasteiger partial charge is 0.182 e. The van der Waals surface area contributed by atoms with E-state index in [1.165, 1.54) is 25.5 Å². The third kappa shape index (κ3) is 5.05. The average Bonchev–Trinajstić information content (AvgIpc) is 2.28. The molecule has 0 aromatic carbocycles. The Labute approximate surface area is 112 Å². The molecule has 94 valence electrons. The van der Waals surface area contributed by atoms with Crippen molar-refractivity contribution in [3.8, 4) is 0 Å². The molecule has 0 atom stereocenters. The lowest BCUT2D eigenvalue weighted by atomic mass is 10.1. The number of carbonyl (C=O) groups is 1. The van der Waals surface area contributed by atoms with Crippen LogP contribution in [0, 0.1) is 0 Å². The van der Waals surface area contributed by atoms with Gasteiger partial charge in [0.2, 0.25) is 0 Å². The maximum Gasteiger partial charge on any atom is 0.182 e. The highest BCUT2D eigenvalue weighted by molar-refractivity contribution is 6.36. The second-order valence-corrected chi connectivity index (χ2v) is 4.91. The van der Waals surface area contributed by atoms with Gasteiger partial charge in [0.05, 0.1) is 10.0 Å². The topological polar surface area (TPSA) is 30.0 Å². The summed E-state index contributed by atoms with van der Waals surface area (Å²) in [6, 6.07) is 1.56. The molecule has 0 saturated carbocycles. The van der Waals surface area contributed by atoms with E-state index in [2.05, 4.69) is 11.9 Å². The highest BCUT2D eigenvalue weighted by atomic mass is 35.5. The van der Waals surface area contributed by atoms with E-state index in [0.29, 0.717) is 22.2 Å². The Balaban J connectivity index is 2.42. The van der Waals surface area contributed by atoms with Crippen LogP contribution in [0.5, 0.6) is 0 Å². The SMILES string of the molecule is CCCCCCCC(=O)c1ncc(Cl)cc1Cl. The number of ketones is 1. The number of rotatable bonds is 7. The summed E-state index contributed by atoms with van der Waals surface area (Å²) in [5.74, 6) is 0.00293. The molecule has 0 spiro atoms. The number of nitrogens with zero attached hydrogens (tertiary/aromatic N) is 1. The monoisotopic (exact) mass is 273 g/mol. The van der Waals surface area contributed by atoms with Crippen LogP contribution in [0.1, 0.15) is 55.9 Å². The molecule has 1 aromatic heterocycles. The minimum Gasteiger partial charge on any atom is -0.292 e. The molecule has 1 rings (SSSR count). The van der Waals surface area contributed by atoms with Gasteiger partial charge < -0.3 is 0 Å². The van der Waals surface area contributed by atoms with Crippen molar-refractivity contribution >= 4 is 29.0 Å². The molecule has 0 bridgehead atoms. The van der Waals surface area contributed by atoms with E-state index in [4.69, 9.17) is 23.2 Å². The van der Waals surface area contributed by atoms with E-state index in [-0.39, 0.29) is 5.78 Å². The van der Waals surface area contributed by atoms with Crippen molar-refractivity contribution in [2.24, 2.45) is 0 Å². The fourth-order valence-electron chi connectivity index (χ4n) is 1.63. The van der Waals surface area contributed by atoms with Crippen molar-refractivity contribution in [2.75, 3.05) is 0 Å². The quantitative estimate of drug-likeness (QED) is 0.521. The number of aromatic nitrogens is 1. The number of hydrogen-bond acceptors (Lipinski definition) is 2. The summed E-state index contributed by atoms with van der Waals surface area (Å²) in [6.07, 6.45) is 7.58. The largest absolute Gasteiger partial charge is 0.292 e. The van der Waals surface area contributed by atoms with Gasteiger partial charge in [0.15, 0.2) is 5.78 Å². The third-order valence-corrected chi connectivity index (χ3v) is 3.07. The fourth-order valence-corrected chi connectivity index (χ4v) is 2.11. The molecule has 1 heterocycles. The summed E-state index contributed by atoms with van der Waals surface area (Å²) in [5.41, 5.74) is 0.339. The van der Waals surface area contributed by atoms with Crippen molar-refractivity contribution < 1.29 is 4.79 Å². The lowest BCUT2D eigenvalue weighted by Crippen LogP contribution is -2.03. The highest BCUT2D eigenvalue weighted by Gasteiger charge is 2.11. The van der Waals surface area contributed by atoms with E-state index in [9.17, 15) is 4.79 Å². The molecule has 0 radical (unpaired) electrons. The maximum absolute atomic E-state index is 11.8. The number of carbonyl (C=O) groups excluding carboxylic acids is 1. The Morgan fingerprint density at radius 1 is 1.24 bits per heavy atom. The van der Waals surface area contributed by atoms with Crippen LogP contribution in [0.25, 0.3) is 0 Å². The van der Waals surface area contributed by atoms with E-state index >= 15 is 0 Å². The van der Waals surface area contributed by atoms with Gasteiger partial charge >= 0.3 is 0 Å². The van der Waals surface area contributed by atoms with Gasteiger partial charge in [-0.3, -0.25) is 9.78 Å². The summed E-state index contributed by atoms with van der Waals surface area (Å²) < 4.78 is 0. The Hall–Kier alpha value is -0.600. The summed E-state index contributed by atoms with van der Waals surface area (Å²) in [5, 5.41) is 0.797. The molecular weight excluding hydrogens is 257 g/mol. The first-order valence-corrected chi connectivity index (χ1v) is 6.75. The summed E-state index contributed by atoms with van der Waals surface area (Å²) in [6.45, 7) is 2.17. The van der Waals surface area contributed by atoms with E-state index in [1.54, 1.807) is 6.07 Å². The number of unbranched alkanes of at least 4 members (excludes halogenated alkanes) is 4. The van der Waals surface area contributed by atoms with Crippen molar-refractivity contribution in [3.05, 3.63) is 28.0 Å². The Bertz CT molecular complexity index is 380. The van der Waals surface area contributed by atoms with E-state index in [0.717, 1.165) is 12.8 Å². The minimum absolute atomic E-state index is 0.00293. The zero-order valence-electron chi connectivity index (χ0n) is 10.0. The molecular formula is C13H17Cl2NO. The predicted octanol–water partition coefficient (Wildman–Crippen LogP) is 4.93. The van der Waals surface area contributed by atoms with Gasteiger partial charge in [-0.15, -0.1) is 0 Å². The average molecular weight is 274 g/mol. The van der Waals surface area contributed by atoms with E-state index in [1.807, 2.05) is 0 Å². The third-order valence-electron chi connectivity index (χ3n) is 2.58. The zero-order valence-corrected chi connectivity index (χ0v) is 11.5. The normalized spacial score (nSPS) is 10.5. The van der Waals surface area contributed by atoms with Crippen LogP contribution in [0.2, 0.25) is 10.0 Å². The van der Waals surface area contributed by atoms with Crippen LogP contribution in [0.4, 0.5) is 0 Å².